The van der Waals surface area contributed by atoms with E-state index in [4.69, 9.17) is 0 Å². The highest BCUT2D eigenvalue weighted by Gasteiger charge is 2.11. The normalized spacial score (nSPS) is 12.2. The molecule has 0 radical (unpaired) electrons. The van der Waals surface area contributed by atoms with Crippen molar-refractivity contribution in [2.24, 2.45) is 0 Å². The first-order valence-corrected chi connectivity index (χ1v) is 6.81. The maximum absolute atomic E-state index is 13.1. The summed E-state index contributed by atoms with van der Waals surface area (Å²) in [5.41, 5.74) is 2.69. The molecule has 2 aromatic rings. The Balaban J connectivity index is 2.23. The number of hydrogen-bond acceptors (Lipinski definition) is 2. The van der Waals surface area contributed by atoms with Crippen LogP contribution in [0.2, 0.25) is 0 Å². The third-order valence-corrected chi connectivity index (χ3v) is 3.68. The summed E-state index contributed by atoms with van der Waals surface area (Å²) in [6, 6.07) is 12.2. The predicted molar refractivity (Wildman–Crippen MR) is 78.5 cm³/mol. The third kappa shape index (κ3) is 3.33. The SMILES string of the molecule is CC(Nc1ccccc1CO)c1ccc(F)cc1Br. The molecule has 0 saturated heterocycles. The van der Waals surface area contributed by atoms with E-state index < -0.39 is 0 Å². The van der Waals surface area contributed by atoms with Crippen LogP contribution in [0.15, 0.2) is 46.9 Å². The van der Waals surface area contributed by atoms with Crippen molar-refractivity contribution >= 4 is 21.6 Å². The van der Waals surface area contributed by atoms with Gasteiger partial charge in [0.1, 0.15) is 5.82 Å². The third-order valence-electron chi connectivity index (χ3n) is 2.99. The molecule has 19 heavy (non-hydrogen) atoms. The Bertz CT molecular complexity index is 574. The molecule has 0 aliphatic rings. The monoisotopic (exact) mass is 323 g/mol. The van der Waals surface area contributed by atoms with Gasteiger partial charge in [0.25, 0.3) is 0 Å². The molecule has 0 fully saturated rings. The highest BCUT2D eigenvalue weighted by atomic mass is 79.9. The molecule has 0 aliphatic carbocycles. The molecule has 2 N–H and O–H groups in total. The molecule has 4 heteroatoms. The van der Waals surface area contributed by atoms with Gasteiger partial charge >= 0.3 is 0 Å². The van der Waals surface area contributed by atoms with E-state index in [1.165, 1.54) is 12.1 Å². The van der Waals surface area contributed by atoms with Crippen LogP contribution >= 0.6 is 15.9 Å². The zero-order valence-corrected chi connectivity index (χ0v) is 12.1. The summed E-state index contributed by atoms with van der Waals surface area (Å²) in [6.07, 6.45) is 0. The molecule has 1 unspecified atom stereocenters. The van der Waals surface area contributed by atoms with Crippen LogP contribution in [0.1, 0.15) is 24.1 Å². The Labute approximate surface area is 120 Å². The van der Waals surface area contributed by atoms with E-state index in [1.54, 1.807) is 6.07 Å². The van der Waals surface area contributed by atoms with Crippen molar-refractivity contribution in [2.75, 3.05) is 5.32 Å². The van der Waals surface area contributed by atoms with E-state index in [1.807, 2.05) is 31.2 Å². The van der Waals surface area contributed by atoms with E-state index >= 15 is 0 Å². The molecule has 0 bridgehead atoms. The van der Waals surface area contributed by atoms with Crippen molar-refractivity contribution < 1.29 is 9.50 Å². The second-order valence-corrected chi connectivity index (χ2v) is 5.20. The number of para-hydroxylation sites is 1. The zero-order valence-electron chi connectivity index (χ0n) is 10.5. The molecular weight excluding hydrogens is 309 g/mol. The summed E-state index contributed by atoms with van der Waals surface area (Å²) in [5.74, 6) is -0.265. The molecule has 2 nitrogen and oxygen atoms in total. The number of nitrogens with one attached hydrogen (secondary N) is 1. The Morgan fingerprint density at radius 3 is 2.68 bits per heavy atom. The standard InChI is InChI=1S/C15H15BrFNO/c1-10(13-7-6-12(17)8-14(13)16)18-15-5-3-2-4-11(15)9-19/h2-8,10,18-19H,9H2,1H3. The fraction of sp³-hybridized carbons (Fsp3) is 0.200. The van der Waals surface area contributed by atoms with Crippen LogP contribution in [-0.2, 0) is 6.61 Å². The number of hydrogen-bond donors (Lipinski definition) is 2. The average molecular weight is 324 g/mol. The van der Waals surface area contributed by atoms with E-state index in [0.717, 1.165) is 21.3 Å². The van der Waals surface area contributed by atoms with Gasteiger partial charge in [0.15, 0.2) is 0 Å². The summed E-state index contributed by atoms with van der Waals surface area (Å²) in [7, 11) is 0. The Morgan fingerprint density at radius 1 is 1.26 bits per heavy atom. The van der Waals surface area contributed by atoms with Crippen LogP contribution in [0, 0.1) is 5.82 Å². The minimum absolute atomic E-state index is 0.00248. The lowest BCUT2D eigenvalue weighted by molar-refractivity contribution is 0.282. The molecule has 2 aromatic carbocycles. The Morgan fingerprint density at radius 2 is 2.00 bits per heavy atom. The predicted octanol–water partition coefficient (Wildman–Crippen LogP) is 4.25. The van der Waals surface area contributed by atoms with Gasteiger partial charge in [-0.25, -0.2) is 4.39 Å². The molecule has 100 valence electrons. The molecule has 1 atom stereocenters. The summed E-state index contributed by atoms with van der Waals surface area (Å²) >= 11 is 3.37. The van der Waals surface area contributed by atoms with Gasteiger partial charge in [-0.1, -0.05) is 40.2 Å². The number of benzene rings is 2. The highest BCUT2D eigenvalue weighted by Crippen LogP contribution is 2.28. The second kappa shape index (κ2) is 6.17. The fourth-order valence-corrected chi connectivity index (χ4v) is 2.66. The van der Waals surface area contributed by atoms with E-state index in [2.05, 4.69) is 21.2 Å². The Kier molecular flexibility index (Phi) is 4.56. The van der Waals surface area contributed by atoms with Crippen LogP contribution in [0.3, 0.4) is 0 Å². The molecule has 0 heterocycles. The Hall–Kier alpha value is -1.39. The van der Waals surface area contributed by atoms with Crippen LogP contribution in [0.4, 0.5) is 10.1 Å². The van der Waals surface area contributed by atoms with Crippen molar-refractivity contribution in [1.82, 2.24) is 0 Å². The fourth-order valence-electron chi connectivity index (χ4n) is 1.96. The number of aliphatic hydroxyl groups excluding tert-OH is 1. The maximum Gasteiger partial charge on any atom is 0.124 e. The van der Waals surface area contributed by atoms with Crippen LogP contribution < -0.4 is 5.32 Å². The minimum Gasteiger partial charge on any atom is -0.392 e. The van der Waals surface area contributed by atoms with Crippen molar-refractivity contribution in [3.8, 4) is 0 Å². The molecular formula is C15H15BrFNO. The smallest absolute Gasteiger partial charge is 0.124 e. The first kappa shape index (κ1) is 14.0. The number of rotatable bonds is 4. The van der Waals surface area contributed by atoms with Crippen LogP contribution in [-0.4, -0.2) is 5.11 Å². The maximum atomic E-state index is 13.1. The quantitative estimate of drug-likeness (QED) is 0.881. The van der Waals surface area contributed by atoms with Crippen LogP contribution in [0.5, 0.6) is 0 Å². The van der Waals surface area contributed by atoms with Gasteiger partial charge in [-0.05, 0) is 30.7 Å². The lowest BCUT2D eigenvalue weighted by Gasteiger charge is -2.19. The second-order valence-electron chi connectivity index (χ2n) is 4.35. The van der Waals surface area contributed by atoms with Gasteiger partial charge in [0, 0.05) is 21.8 Å². The molecule has 0 amide bonds. The van der Waals surface area contributed by atoms with Crippen molar-refractivity contribution in [1.29, 1.82) is 0 Å². The van der Waals surface area contributed by atoms with Crippen molar-refractivity contribution in [3.63, 3.8) is 0 Å². The topological polar surface area (TPSA) is 32.3 Å². The summed E-state index contributed by atoms with van der Waals surface area (Å²) in [4.78, 5) is 0. The van der Waals surface area contributed by atoms with Crippen molar-refractivity contribution in [2.45, 2.75) is 19.6 Å². The van der Waals surface area contributed by atoms with Gasteiger partial charge in [0.2, 0.25) is 0 Å². The van der Waals surface area contributed by atoms with Gasteiger partial charge in [0.05, 0.1) is 6.61 Å². The first-order chi connectivity index (χ1) is 9.11. The number of anilines is 1. The zero-order chi connectivity index (χ0) is 13.8. The summed E-state index contributed by atoms with van der Waals surface area (Å²) in [6.45, 7) is 1.98. The molecule has 0 spiro atoms. The van der Waals surface area contributed by atoms with E-state index in [0.29, 0.717) is 0 Å². The van der Waals surface area contributed by atoms with Crippen molar-refractivity contribution in [3.05, 3.63) is 63.9 Å². The van der Waals surface area contributed by atoms with Gasteiger partial charge in [-0.2, -0.15) is 0 Å². The van der Waals surface area contributed by atoms with Crippen LogP contribution in [0.25, 0.3) is 0 Å². The molecule has 0 saturated carbocycles. The molecule has 2 rings (SSSR count). The van der Waals surface area contributed by atoms with E-state index in [9.17, 15) is 9.50 Å². The summed E-state index contributed by atoms with van der Waals surface area (Å²) < 4.78 is 13.8. The molecule has 0 aromatic heterocycles. The van der Waals surface area contributed by atoms with E-state index in [-0.39, 0.29) is 18.5 Å². The largest absolute Gasteiger partial charge is 0.392 e. The minimum atomic E-state index is -0.265. The number of aliphatic hydroxyl groups is 1. The van der Waals surface area contributed by atoms with Gasteiger partial charge in [-0.3, -0.25) is 0 Å². The summed E-state index contributed by atoms with van der Waals surface area (Å²) in [5, 5.41) is 12.6. The first-order valence-electron chi connectivity index (χ1n) is 6.02. The lowest BCUT2D eigenvalue weighted by Crippen LogP contribution is -2.09. The number of halogens is 2. The van der Waals surface area contributed by atoms with Gasteiger partial charge in [-0.15, -0.1) is 0 Å². The lowest BCUT2D eigenvalue weighted by atomic mass is 10.1. The average Bonchev–Trinajstić information content (AvgIpc) is 2.39. The van der Waals surface area contributed by atoms with Gasteiger partial charge < -0.3 is 10.4 Å². The highest BCUT2D eigenvalue weighted by molar-refractivity contribution is 9.10. The molecule has 0 aliphatic heterocycles.